The lowest BCUT2D eigenvalue weighted by Gasteiger charge is -2.26. The van der Waals surface area contributed by atoms with E-state index in [-0.39, 0.29) is 35.8 Å². The fourth-order valence-corrected chi connectivity index (χ4v) is 6.03. The van der Waals surface area contributed by atoms with Crippen LogP contribution < -0.4 is 15.6 Å². The number of hydrogen-bond acceptors (Lipinski definition) is 8. The summed E-state index contributed by atoms with van der Waals surface area (Å²) in [7, 11) is -2.33. The highest BCUT2D eigenvalue weighted by Gasteiger charge is 2.27. The van der Waals surface area contributed by atoms with Crippen molar-refractivity contribution in [3.8, 4) is 5.75 Å². The summed E-state index contributed by atoms with van der Waals surface area (Å²) in [5.74, 6) is -0.211. The number of nitrogens with one attached hydrogen (secondary N) is 1. The maximum atomic E-state index is 13.0. The van der Waals surface area contributed by atoms with Crippen LogP contribution in [0.15, 0.2) is 34.2 Å². The van der Waals surface area contributed by atoms with Gasteiger partial charge in [-0.2, -0.15) is 4.31 Å². The minimum absolute atomic E-state index is 0.0325. The molecule has 1 fully saturated rings. The van der Waals surface area contributed by atoms with E-state index in [9.17, 15) is 18.0 Å². The predicted octanol–water partition coefficient (Wildman–Crippen LogP) is 1.74. The molecule has 0 radical (unpaired) electrons. The van der Waals surface area contributed by atoms with Crippen LogP contribution in [0.3, 0.4) is 0 Å². The van der Waals surface area contributed by atoms with Gasteiger partial charge in [0.15, 0.2) is 0 Å². The minimum atomic E-state index is -3.76. The number of fused-ring (bicyclic) bond motifs is 1. The Morgan fingerprint density at radius 2 is 2.00 bits per heavy atom. The normalized spacial score (nSPS) is 15.0. The largest absolute Gasteiger partial charge is 0.495 e. The van der Waals surface area contributed by atoms with Crippen LogP contribution in [0.25, 0.3) is 10.2 Å². The number of hydrogen-bond donors (Lipinski definition) is 1. The lowest BCUT2D eigenvalue weighted by atomic mass is 10.2. The van der Waals surface area contributed by atoms with Gasteiger partial charge in [-0.05, 0) is 37.6 Å². The molecule has 0 spiro atoms. The van der Waals surface area contributed by atoms with Crippen LogP contribution in [0.5, 0.6) is 5.75 Å². The van der Waals surface area contributed by atoms with Crippen molar-refractivity contribution in [3.05, 3.63) is 45.3 Å². The smallest absolute Gasteiger partial charge is 0.262 e. The van der Waals surface area contributed by atoms with Crippen LogP contribution in [-0.4, -0.2) is 61.6 Å². The molecule has 12 heteroatoms. The van der Waals surface area contributed by atoms with Crippen LogP contribution in [0, 0.1) is 13.8 Å². The Labute approximate surface area is 194 Å². The first-order valence-corrected chi connectivity index (χ1v) is 12.5. The molecule has 1 aliphatic heterocycles. The summed E-state index contributed by atoms with van der Waals surface area (Å²) < 4.78 is 39.1. The van der Waals surface area contributed by atoms with Crippen molar-refractivity contribution >= 4 is 43.2 Å². The second-order valence-electron chi connectivity index (χ2n) is 7.57. The number of carbonyl (C=O) groups is 1. The van der Waals surface area contributed by atoms with Crippen molar-refractivity contribution in [2.75, 3.05) is 38.7 Å². The van der Waals surface area contributed by atoms with Gasteiger partial charge in [-0.15, -0.1) is 11.3 Å². The Morgan fingerprint density at radius 1 is 1.27 bits per heavy atom. The molecule has 0 atom stereocenters. The summed E-state index contributed by atoms with van der Waals surface area (Å²) in [6, 6.07) is 4.28. The highest BCUT2D eigenvalue weighted by molar-refractivity contribution is 7.89. The van der Waals surface area contributed by atoms with Gasteiger partial charge in [0.1, 0.15) is 17.1 Å². The Hall–Kier alpha value is -2.80. The van der Waals surface area contributed by atoms with Gasteiger partial charge in [0.25, 0.3) is 5.56 Å². The van der Waals surface area contributed by atoms with E-state index in [0.717, 1.165) is 10.4 Å². The SMILES string of the molecule is COc1ccc(S(=O)(=O)N2CCOCC2)cc1NC(=O)Cn1cnc2sc(C)c(C)c2c1=O. The number of morpholine rings is 1. The average molecular weight is 493 g/mol. The molecular weight excluding hydrogens is 468 g/mol. The van der Waals surface area contributed by atoms with E-state index in [2.05, 4.69) is 10.3 Å². The number of ether oxygens (including phenoxy) is 2. The molecule has 3 heterocycles. The number of aryl methyl sites for hydroxylation is 2. The van der Waals surface area contributed by atoms with E-state index in [1.165, 1.54) is 51.8 Å². The molecule has 1 aliphatic rings. The standard InChI is InChI=1S/C21H24N4O6S2/c1-13-14(2)32-20-19(13)21(27)24(12-22-20)11-18(26)23-16-10-15(4-5-17(16)30-3)33(28,29)25-6-8-31-9-7-25/h4-5,10,12H,6-9,11H2,1-3H3,(H,23,26). The molecule has 176 valence electrons. The van der Waals surface area contributed by atoms with Gasteiger partial charge in [0.05, 0.1) is 42.6 Å². The molecule has 0 bridgehead atoms. The summed E-state index contributed by atoms with van der Waals surface area (Å²) in [6.07, 6.45) is 1.34. The first-order chi connectivity index (χ1) is 15.7. The minimum Gasteiger partial charge on any atom is -0.495 e. The van der Waals surface area contributed by atoms with Gasteiger partial charge < -0.3 is 14.8 Å². The topological polar surface area (TPSA) is 120 Å². The number of nitrogens with zero attached hydrogens (tertiary/aromatic N) is 3. The zero-order valence-electron chi connectivity index (χ0n) is 18.5. The number of rotatable bonds is 6. The lowest BCUT2D eigenvalue weighted by molar-refractivity contribution is -0.116. The number of anilines is 1. The average Bonchev–Trinajstić information content (AvgIpc) is 3.10. The molecule has 0 unspecified atom stereocenters. The lowest BCUT2D eigenvalue weighted by Crippen LogP contribution is -2.40. The van der Waals surface area contributed by atoms with Crippen molar-refractivity contribution < 1.29 is 22.7 Å². The third kappa shape index (κ3) is 4.51. The van der Waals surface area contributed by atoms with Crippen molar-refractivity contribution in [3.63, 3.8) is 0 Å². The highest BCUT2D eigenvalue weighted by Crippen LogP contribution is 2.29. The molecule has 0 aliphatic carbocycles. The van der Waals surface area contributed by atoms with Crippen LogP contribution in [-0.2, 0) is 26.1 Å². The molecule has 1 aromatic carbocycles. The number of thiophene rings is 1. The molecule has 1 saturated heterocycles. The van der Waals surface area contributed by atoms with E-state index < -0.39 is 15.9 Å². The van der Waals surface area contributed by atoms with Crippen molar-refractivity contribution in [1.29, 1.82) is 0 Å². The third-order valence-electron chi connectivity index (χ3n) is 5.52. The number of methoxy groups -OCH3 is 1. The van der Waals surface area contributed by atoms with Gasteiger partial charge in [-0.3, -0.25) is 14.2 Å². The first-order valence-electron chi connectivity index (χ1n) is 10.2. The van der Waals surface area contributed by atoms with Gasteiger partial charge in [-0.1, -0.05) is 0 Å². The first kappa shape index (κ1) is 23.4. The number of amides is 1. The summed E-state index contributed by atoms with van der Waals surface area (Å²) in [5.41, 5.74) is 0.749. The second kappa shape index (κ2) is 9.21. The Kier molecular flexibility index (Phi) is 6.52. The zero-order valence-corrected chi connectivity index (χ0v) is 20.1. The summed E-state index contributed by atoms with van der Waals surface area (Å²) in [6.45, 7) is 4.67. The Bertz CT molecular complexity index is 1370. The quantitative estimate of drug-likeness (QED) is 0.557. The van der Waals surface area contributed by atoms with E-state index >= 15 is 0 Å². The Morgan fingerprint density at radius 3 is 2.70 bits per heavy atom. The molecule has 4 rings (SSSR count). The van der Waals surface area contributed by atoms with Crippen LogP contribution >= 0.6 is 11.3 Å². The number of benzene rings is 1. The predicted molar refractivity (Wildman–Crippen MR) is 125 cm³/mol. The van der Waals surface area contributed by atoms with Crippen LogP contribution in [0.2, 0.25) is 0 Å². The molecule has 1 N–H and O–H groups in total. The van der Waals surface area contributed by atoms with E-state index in [1.807, 2.05) is 13.8 Å². The number of aromatic nitrogens is 2. The molecular formula is C21H24N4O6S2. The summed E-state index contributed by atoms with van der Waals surface area (Å²) in [5, 5.41) is 3.17. The van der Waals surface area contributed by atoms with E-state index in [4.69, 9.17) is 9.47 Å². The molecule has 0 saturated carbocycles. The molecule has 10 nitrogen and oxygen atoms in total. The Balaban J connectivity index is 1.59. The maximum Gasteiger partial charge on any atom is 0.262 e. The highest BCUT2D eigenvalue weighted by atomic mass is 32.2. The van der Waals surface area contributed by atoms with Crippen molar-refractivity contribution in [2.45, 2.75) is 25.3 Å². The molecule has 2 aromatic heterocycles. The zero-order chi connectivity index (χ0) is 23.8. The van der Waals surface area contributed by atoms with Crippen LogP contribution in [0.1, 0.15) is 10.4 Å². The summed E-state index contributed by atoms with van der Waals surface area (Å²) in [4.78, 5) is 31.6. The van der Waals surface area contributed by atoms with Gasteiger partial charge in [0, 0.05) is 18.0 Å². The van der Waals surface area contributed by atoms with Gasteiger partial charge in [-0.25, -0.2) is 13.4 Å². The molecule has 33 heavy (non-hydrogen) atoms. The second-order valence-corrected chi connectivity index (χ2v) is 10.7. The number of carbonyl (C=O) groups excluding carboxylic acids is 1. The third-order valence-corrected chi connectivity index (χ3v) is 8.53. The molecule has 1 amide bonds. The summed E-state index contributed by atoms with van der Waals surface area (Å²) >= 11 is 1.43. The van der Waals surface area contributed by atoms with Gasteiger partial charge >= 0.3 is 0 Å². The fourth-order valence-electron chi connectivity index (χ4n) is 3.61. The maximum absolute atomic E-state index is 13.0. The number of sulfonamides is 1. The van der Waals surface area contributed by atoms with Gasteiger partial charge in [0.2, 0.25) is 15.9 Å². The van der Waals surface area contributed by atoms with Crippen molar-refractivity contribution in [2.24, 2.45) is 0 Å². The molecule has 3 aromatic rings. The van der Waals surface area contributed by atoms with E-state index in [0.29, 0.717) is 29.2 Å². The van der Waals surface area contributed by atoms with E-state index in [1.54, 1.807) is 0 Å². The van der Waals surface area contributed by atoms with Crippen LogP contribution in [0.4, 0.5) is 5.69 Å². The van der Waals surface area contributed by atoms with Crippen molar-refractivity contribution in [1.82, 2.24) is 13.9 Å². The monoisotopic (exact) mass is 492 g/mol. The fraction of sp³-hybridized carbons (Fsp3) is 0.381.